The van der Waals surface area contributed by atoms with E-state index in [2.05, 4.69) is 17.0 Å². The van der Waals surface area contributed by atoms with Crippen LogP contribution in [0.4, 0.5) is 5.69 Å². The highest BCUT2D eigenvalue weighted by Gasteiger charge is 2.20. The third-order valence-corrected chi connectivity index (χ3v) is 3.44. The number of nitrogens with two attached hydrogens (primary N) is 1. The molecule has 92 valence electrons. The lowest BCUT2D eigenvalue weighted by molar-refractivity contribution is -0.118. The Labute approximate surface area is 103 Å². The molecule has 0 amide bonds. The molecule has 1 aromatic carbocycles. The first-order chi connectivity index (χ1) is 8.15. The molecule has 1 heterocycles. The van der Waals surface area contributed by atoms with Crippen molar-refractivity contribution in [3.63, 3.8) is 0 Å². The SMILES string of the molecule is CC(=O)CN1CCC(c2ccc(N)cc2)CC1. The number of rotatable bonds is 3. The van der Waals surface area contributed by atoms with E-state index < -0.39 is 0 Å². The number of anilines is 1. The van der Waals surface area contributed by atoms with E-state index in [0.717, 1.165) is 31.6 Å². The highest BCUT2D eigenvalue weighted by atomic mass is 16.1. The number of ketones is 1. The zero-order valence-corrected chi connectivity index (χ0v) is 10.4. The van der Waals surface area contributed by atoms with Crippen LogP contribution in [0.2, 0.25) is 0 Å². The summed E-state index contributed by atoms with van der Waals surface area (Å²) in [5.41, 5.74) is 7.89. The van der Waals surface area contributed by atoms with Gasteiger partial charge in [-0.2, -0.15) is 0 Å². The van der Waals surface area contributed by atoms with Gasteiger partial charge in [-0.1, -0.05) is 12.1 Å². The van der Waals surface area contributed by atoms with E-state index >= 15 is 0 Å². The van der Waals surface area contributed by atoms with E-state index in [1.165, 1.54) is 5.56 Å². The maximum absolute atomic E-state index is 11.0. The van der Waals surface area contributed by atoms with Crippen molar-refractivity contribution in [3.05, 3.63) is 29.8 Å². The topological polar surface area (TPSA) is 46.3 Å². The van der Waals surface area contributed by atoms with Crippen molar-refractivity contribution >= 4 is 11.5 Å². The number of likely N-dealkylation sites (tertiary alicyclic amines) is 1. The van der Waals surface area contributed by atoms with Gasteiger partial charge < -0.3 is 5.73 Å². The van der Waals surface area contributed by atoms with E-state index in [1.807, 2.05) is 12.1 Å². The van der Waals surface area contributed by atoms with Crippen LogP contribution in [0.15, 0.2) is 24.3 Å². The fourth-order valence-electron chi connectivity index (χ4n) is 2.51. The second-order valence-electron chi connectivity index (χ2n) is 4.92. The predicted molar refractivity (Wildman–Crippen MR) is 70.0 cm³/mol. The van der Waals surface area contributed by atoms with E-state index in [0.29, 0.717) is 12.5 Å². The van der Waals surface area contributed by atoms with Gasteiger partial charge in [0.25, 0.3) is 0 Å². The van der Waals surface area contributed by atoms with Crippen LogP contribution in [0.5, 0.6) is 0 Å². The Balaban J connectivity index is 1.90. The number of Topliss-reactive ketones (excluding diaryl/α,β-unsaturated/α-hetero) is 1. The lowest BCUT2D eigenvalue weighted by Gasteiger charge is -2.31. The van der Waals surface area contributed by atoms with Gasteiger partial charge in [-0.05, 0) is 56.5 Å². The molecule has 2 rings (SSSR count). The molecular formula is C14H20N2O. The number of carbonyl (C=O) groups is 1. The summed E-state index contributed by atoms with van der Waals surface area (Å²) in [5.74, 6) is 0.884. The molecule has 17 heavy (non-hydrogen) atoms. The van der Waals surface area contributed by atoms with Gasteiger partial charge in [0.15, 0.2) is 0 Å². The fourth-order valence-corrected chi connectivity index (χ4v) is 2.51. The Bertz CT molecular complexity index is 378. The molecule has 0 bridgehead atoms. The van der Waals surface area contributed by atoms with Gasteiger partial charge in [0, 0.05) is 5.69 Å². The number of hydrogen-bond donors (Lipinski definition) is 1. The molecule has 1 aliphatic rings. The second kappa shape index (κ2) is 5.32. The maximum atomic E-state index is 11.0. The Morgan fingerprint density at radius 1 is 1.29 bits per heavy atom. The zero-order chi connectivity index (χ0) is 12.3. The number of piperidine rings is 1. The summed E-state index contributed by atoms with van der Waals surface area (Å²) in [6.45, 7) is 4.31. The monoisotopic (exact) mass is 232 g/mol. The lowest BCUT2D eigenvalue weighted by atomic mass is 9.89. The molecule has 0 atom stereocenters. The summed E-state index contributed by atoms with van der Waals surface area (Å²) < 4.78 is 0. The van der Waals surface area contributed by atoms with E-state index in [-0.39, 0.29) is 5.78 Å². The maximum Gasteiger partial charge on any atom is 0.143 e. The second-order valence-corrected chi connectivity index (χ2v) is 4.92. The first-order valence-electron chi connectivity index (χ1n) is 6.22. The summed E-state index contributed by atoms with van der Waals surface area (Å²) in [7, 11) is 0. The lowest BCUT2D eigenvalue weighted by Crippen LogP contribution is -2.36. The van der Waals surface area contributed by atoms with Crippen molar-refractivity contribution in [2.24, 2.45) is 0 Å². The minimum atomic E-state index is 0.260. The standard InChI is InChI=1S/C14H20N2O/c1-11(17)10-16-8-6-13(7-9-16)12-2-4-14(15)5-3-12/h2-5,13H,6-10,15H2,1H3. The van der Waals surface area contributed by atoms with Gasteiger partial charge in [0.1, 0.15) is 5.78 Å². The van der Waals surface area contributed by atoms with Crippen molar-refractivity contribution in [1.29, 1.82) is 0 Å². The molecule has 1 saturated heterocycles. The highest BCUT2D eigenvalue weighted by molar-refractivity contribution is 5.77. The van der Waals surface area contributed by atoms with Gasteiger partial charge in [-0.25, -0.2) is 0 Å². The van der Waals surface area contributed by atoms with Crippen LogP contribution in [-0.2, 0) is 4.79 Å². The molecule has 1 aliphatic heterocycles. The predicted octanol–water partition coefficient (Wildman–Crippen LogP) is 2.04. The number of nitrogen functional groups attached to an aromatic ring is 1. The molecule has 2 N–H and O–H groups in total. The number of carbonyl (C=O) groups excluding carboxylic acids is 1. The van der Waals surface area contributed by atoms with Crippen LogP contribution in [0.25, 0.3) is 0 Å². The Morgan fingerprint density at radius 2 is 1.88 bits per heavy atom. The van der Waals surface area contributed by atoms with Crippen LogP contribution < -0.4 is 5.73 Å². The van der Waals surface area contributed by atoms with Crippen molar-refractivity contribution in [2.75, 3.05) is 25.4 Å². The third kappa shape index (κ3) is 3.30. The van der Waals surface area contributed by atoms with Crippen molar-refractivity contribution < 1.29 is 4.79 Å². The van der Waals surface area contributed by atoms with Gasteiger partial charge >= 0.3 is 0 Å². The largest absolute Gasteiger partial charge is 0.399 e. The summed E-state index contributed by atoms with van der Waals surface area (Å²) in [4.78, 5) is 13.3. The smallest absolute Gasteiger partial charge is 0.143 e. The molecule has 1 fully saturated rings. The van der Waals surface area contributed by atoms with E-state index in [9.17, 15) is 4.79 Å². The normalized spacial score (nSPS) is 18.2. The van der Waals surface area contributed by atoms with Gasteiger partial charge in [0.2, 0.25) is 0 Å². The van der Waals surface area contributed by atoms with E-state index in [4.69, 9.17) is 5.73 Å². The molecule has 1 aromatic rings. The van der Waals surface area contributed by atoms with Crippen molar-refractivity contribution in [2.45, 2.75) is 25.7 Å². The van der Waals surface area contributed by atoms with Crippen LogP contribution in [0, 0.1) is 0 Å². The Kier molecular flexibility index (Phi) is 3.79. The van der Waals surface area contributed by atoms with Crippen molar-refractivity contribution in [3.8, 4) is 0 Å². The number of hydrogen-bond acceptors (Lipinski definition) is 3. The first kappa shape index (κ1) is 12.1. The number of nitrogens with zero attached hydrogens (tertiary/aromatic N) is 1. The van der Waals surface area contributed by atoms with Crippen LogP contribution in [0.3, 0.4) is 0 Å². The molecule has 3 heteroatoms. The Morgan fingerprint density at radius 3 is 2.41 bits per heavy atom. The third-order valence-electron chi connectivity index (χ3n) is 3.44. The molecule has 0 aromatic heterocycles. The average molecular weight is 232 g/mol. The van der Waals surface area contributed by atoms with Gasteiger partial charge in [0.05, 0.1) is 6.54 Å². The first-order valence-corrected chi connectivity index (χ1v) is 6.22. The molecule has 0 aliphatic carbocycles. The van der Waals surface area contributed by atoms with E-state index in [1.54, 1.807) is 6.92 Å². The molecule has 3 nitrogen and oxygen atoms in total. The summed E-state index contributed by atoms with van der Waals surface area (Å²) in [6.07, 6.45) is 2.27. The van der Waals surface area contributed by atoms with Crippen LogP contribution in [-0.4, -0.2) is 30.3 Å². The molecule has 0 saturated carbocycles. The summed E-state index contributed by atoms with van der Waals surface area (Å²) in [6, 6.07) is 8.19. The van der Waals surface area contributed by atoms with Gasteiger partial charge in [-0.15, -0.1) is 0 Å². The summed E-state index contributed by atoms with van der Waals surface area (Å²) in [5, 5.41) is 0. The minimum Gasteiger partial charge on any atom is -0.399 e. The molecular weight excluding hydrogens is 212 g/mol. The average Bonchev–Trinajstić information content (AvgIpc) is 2.30. The minimum absolute atomic E-state index is 0.260. The highest BCUT2D eigenvalue weighted by Crippen LogP contribution is 2.28. The van der Waals surface area contributed by atoms with Crippen molar-refractivity contribution in [1.82, 2.24) is 4.90 Å². The molecule has 0 radical (unpaired) electrons. The quantitative estimate of drug-likeness (QED) is 0.811. The Hall–Kier alpha value is -1.35. The molecule has 0 spiro atoms. The van der Waals surface area contributed by atoms with Crippen LogP contribution in [0.1, 0.15) is 31.2 Å². The molecule has 0 unspecified atom stereocenters. The zero-order valence-electron chi connectivity index (χ0n) is 10.4. The van der Waals surface area contributed by atoms with Gasteiger partial charge in [-0.3, -0.25) is 9.69 Å². The fraction of sp³-hybridized carbons (Fsp3) is 0.500. The number of benzene rings is 1. The van der Waals surface area contributed by atoms with Crippen LogP contribution >= 0.6 is 0 Å². The summed E-state index contributed by atoms with van der Waals surface area (Å²) >= 11 is 0.